The largest absolute Gasteiger partial charge is 0.308 e. The van der Waals surface area contributed by atoms with E-state index in [0.29, 0.717) is 23.7 Å². The third-order valence-corrected chi connectivity index (χ3v) is 5.95. The van der Waals surface area contributed by atoms with E-state index in [9.17, 15) is 13.2 Å². The summed E-state index contributed by atoms with van der Waals surface area (Å²) in [4.78, 5) is 14.7. The molecule has 1 aliphatic rings. The van der Waals surface area contributed by atoms with Crippen molar-refractivity contribution >= 4 is 33.2 Å². The van der Waals surface area contributed by atoms with E-state index in [1.54, 1.807) is 54.3 Å². The molecule has 132 valence electrons. The van der Waals surface area contributed by atoms with Gasteiger partial charge in [0.15, 0.2) is 0 Å². The van der Waals surface area contributed by atoms with Crippen molar-refractivity contribution in [2.75, 3.05) is 18.0 Å². The molecule has 0 atom stereocenters. The number of rotatable bonds is 4. The number of fused-ring (bicyclic) bond motifs is 1. The van der Waals surface area contributed by atoms with Crippen LogP contribution in [0, 0.1) is 0 Å². The minimum absolute atomic E-state index is 0.111. The lowest BCUT2D eigenvalue weighted by Crippen LogP contribution is -2.35. The molecular formula is C18H19ClN2O3S. The second-order valence-corrected chi connectivity index (χ2v) is 8.06. The highest BCUT2D eigenvalue weighted by Gasteiger charge is 2.25. The molecule has 1 N–H and O–H groups in total. The SMILES string of the molecule is CCNS(=O)(=O)c1ccc2c(c1)CCCN2C(=O)c1ccc(Cl)cc1. The van der Waals surface area contributed by atoms with Crippen molar-refractivity contribution in [3.05, 3.63) is 58.6 Å². The third-order valence-electron chi connectivity index (χ3n) is 4.15. The fourth-order valence-corrected chi connectivity index (χ4v) is 4.19. The molecule has 0 unspecified atom stereocenters. The smallest absolute Gasteiger partial charge is 0.258 e. The average molecular weight is 379 g/mol. The Morgan fingerprint density at radius 3 is 2.60 bits per heavy atom. The van der Waals surface area contributed by atoms with Crippen LogP contribution in [0.4, 0.5) is 5.69 Å². The zero-order valence-corrected chi connectivity index (χ0v) is 15.4. The van der Waals surface area contributed by atoms with Crippen LogP contribution in [0.5, 0.6) is 0 Å². The molecule has 1 heterocycles. The highest BCUT2D eigenvalue weighted by molar-refractivity contribution is 7.89. The zero-order chi connectivity index (χ0) is 18.0. The van der Waals surface area contributed by atoms with Crippen molar-refractivity contribution in [3.63, 3.8) is 0 Å². The Bertz CT molecular complexity index is 895. The molecule has 0 aromatic heterocycles. The molecule has 0 saturated carbocycles. The zero-order valence-electron chi connectivity index (χ0n) is 13.8. The number of sulfonamides is 1. The number of carbonyl (C=O) groups excluding carboxylic acids is 1. The fourth-order valence-electron chi connectivity index (χ4n) is 2.97. The fraction of sp³-hybridized carbons (Fsp3) is 0.278. The number of aryl methyl sites for hydroxylation is 1. The summed E-state index contributed by atoms with van der Waals surface area (Å²) in [6.45, 7) is 2.68. The molecule has 1 amide bonds. The first kappa shape index (κ1) is 17.9. The van der Waals surface area contributed by atoms with Crippen molar-refractivity contribution in [1.29, 1.82) is 0 Å². The Hall–Kier alpha value is -1.89. The summed E-state index contributed by atoms with van der Waals surface area (Å²) in [6, 6.07) is 11.7. The van der Waals surface area contributed by atoms with E-state index < -0.39 is 10.0 Å². The quantitative estimate of drug-likeness (QED) is 0.888. The molecule has 1 aliphatic heterocycles. The van der Waals surface area contributed by atoms with Gasteiger partial charge in [0, 0.05) is 29.4 Å². The minimum Gasteiger partial charge on any atom is -0.308 e. The van der Waals surface area contributed by atoms with Gasteiger partial charge in [-0.2, -0.15) is 0 Å². The van der Waals surface area contributed by atoms with E-state index in [-0.39, 0.29) is 10.8 Å². The molecule has 0 aliphatic carbocycles. The van der Waals surface area contributed by atoms with Gasteiger partial charge in [0.2, 0.25) is 10.0 Å². The van der Waals surface area contributed by atoms with Crippen LogP contribution < -0.4 is 9.62 Å². The van der Waals surface area contributed by atoms with Crippen molar-refractivity contribution in [3.8, 4) is 0 Å². The van der Waals surface area contributed by atoms with Crippen LogP contribution in [-0.2, 0) is 16.4 Å². The van der Waals surface area contributed by atoms with Crippen LogP contribution in [0.1, 0.15) is 29.3 Å². The number of anilines is 1. The van der Waals surface area contributed by atoms with Gasteiger partial charge in [-0.05, 0) is 60.9 Å². The third kappa shape index (κ3) is 3.71. The molecule has 25 heavy (non-hydrogen) atoms. The lowest BCUT2D eigenvalue weighted by Gasteiger charge is -2.30. The summed E-state index contributed by atoms with van der Waals surface area (Å²) in [5.41, 5.74) is 2.19. The maximum absolute atomic E-state index is 12.8. The van der Waals surface area contributed by atoms with Crippen LogP contribution >= 0.6 is 11.6 Å². The number of hydrogen-bond acceptors (Lipinski definition) is 3. The first-order chi connectivity index (χ1) is 11.9. The topological polar surface area (TPSA) is 66.5 Å². The molecule has 0 spiro atoms. The van der Waals surface area contributed by atoms with Gasteiger partial charge < -0.3 is 4.90 Å². The minimum atomic E-state index is -3.51. The molecule has 0 fully saturated rings. The molecule has 2 aromatic carbocycles. The number of amides is 1. The van der Waals surface area contributed by atoms with Gasteiger partial charge in [0.05, 0.1) is 4.90 Å². The predicted molar refractivity (Wildman–Crippen MR) is 98.8 cm³/mol. The van der Waals surface area contributed by atoms with Gasteiger partial charge in [-0.3, -0.25) is 4.79 Å². The summed E-state index contributed by atoms with van der Waals surface area (Å²) in [5, 5.41) is 0.578. The Morgan fingerprint density at radius 1 is 1.20 bits per heavy atom. The maximum atomic E-state index is 12.8. The van der Waals surface area contributed by atoms with E-state index in [1.165, 1.54) is 0 Å². The summed E-state index contributed by atoms with van der Waals surface area (Å²) < 4.78 is 26.9. The predicted octanol–water partition coefficient (Wildman–Crippen LogP) is 3.23. The second-order valence-electron chi connectivity index (χ2n) is 5.86. The Morgan fingerprint density at radius 2 is 1.92 bits per heavy atom. The van der Waals surface area contributed by atoms with Gasteiger partial charge in [0.1, 0.15) is 0 Å². The molecule has 0 saturated heterocycles. The summed E-state index contributed by atoms with van der Waals surface area (Å²) in [5.74, 6) is -0.111. The van der Waals surface area contributed by atoms with Crippen LogP contribution in [0.2, 0.25) is 5.02 Å². The van der Waals surface area contributed by atoms with Crippen molar-refractivity contribution < 1.29 is 13.2 Å². The number of benzene rings is 2. The van der Waals surface area contributed by atoms with Gasteiger partial charge in [0.25, 0.3) is 5.91 Å². The van der Waals surface area contributed by atoms with Gasteiger partial charge >= 0.3 is 0 Å². The molecule has 0 bridgehead atoms. The van der Waals surface area contributed by atoms with E-state index in [4.69, 9.17) is 11.6 Å². The highest BCUT2D eigenvalue weighted by Crippen LogP contribution is 2.30. The van der Waals surface area contributed by atoms with Crippen LogP contribution in [0.3, 0.4) is 0 Å². The molecule has 3 rings (SSSR count). The first-order valence-electron chi connectivity index (χ1n) is 8.12. The van der Waals surface area contributed by atoms with Gasteiger partial charge in [-0.15, -0.1) is 0 Å². The summed E-state index contributed by atoms with van der Waals surface area (Å²) in [7, 11) is -3.51. The second kappa shape index (κ2) is 7.15. The maximum Gasteiger partial charge on any atom is 0.258 e. The standard InChI is InChI=1S/C18H19ClN2O3S/c1-2-20-25(23,24)16-9-10-17-14(12-16)4-3-11-21(17)18(22)13-5-7-15(19)8-6-13/h5-10,12,20H,2-4,11H2,1H3. The number of nitrogens with one attached hydrogen (secondary N) is 1. The number of nitrogens with zero attached hydrogens (tertiary/aromatic N) is 1. The Labute approximate surface area is 152 Å². The summed E-state index contributed by atoms with van der Waals surface area (Å²) >= 11 is 5.88. The average Bonchev–Trinajstić information content (AvgIpc) is 2.60. The molecular weight excluding hydrogens is 360 g/mol. The lowest BCUT2D eigenvalue weighted by molar-refractivity contribution is 0.0985. The van der Waals surface area contributed by atoms with Gasteiger partial charge in [-0.25, -0.2) is 13.1 Å². The summed E-state index contributed by atoms with van der Waals surface area (Å²) in [6.07, 6.45) is 1.53. The van der Waals surface area contributed by atoms with Gasteiger partial charge in [-0.1, -0.05) is 18.5 Å². The molecule has 2 aromatic rings. The normalized spacial score (nSPS) is 14.2. The number of hydrogen-bond donors (Lipinski definition) is 1. The number of carbonyl (C=O) groups is 1. The van der Waals surface area contributed by atoms with E-state index in [2.05, 4.69) is 4.72 Å². The Balaban J connectivity index is 1.95. The molecule has 5 nitrogen and oxygen atoms in total. The van der Waals surface area contributed by atoms with Crippen LogP contribution in [-0.4, -0.2) is 27.4 Å². The van der Waals surface area contributed by atoms with Crippen molar-refractivity contribution in [2.24, 2.45) is 0 Å². The number of halogens is 1. The lowest BCUT2D eigenvalue weighted by atomic mass is 10.0. The first-order valence-corrected chi connectivity index (χ1v) is 9.98. The van der Waals surface area contributed by atoms with E-state index in [0.717, 1.165) is 24.1 Å². The molecule has 7 heteroatoms. The van der Waals surface area contributed by atoms with E-state index in [1.807, 2.05) is 0 Å². The molecule has 0 radical (unpaired) electrons. The van der Waals surface area contributed by atoms with Crippen molar-refractivity contribution in [2.45, 2.75) is 24.7 Å². The van der Waals surface area contributed by atoms with E-state index >= 15 is 0 Å². The highest BCUT2D eigenvalue weighted by atomic mass is 35.5. The van der Waals surface area contributed by atoms with Crippen molar-refractivity contribution in [1.82, 2.24) is 4.72 Å². The van der Waals surface area contributed by atoms with Crippen LogP contribution in [0.25, 0.3) is 0 Å². The Kier molecular flexibility index (Phi) is 5.13. The van der Waals surface area contributed by atoms with Crippen LogP contribution in [0.15, 0.2) is 47.4 Å². The monoisotopic (exact) mass is 378 g/mol.